The molecule has 5 nitrogen and oxygen atoms in total. The molecule has 0 aliphatic heterocycles. The Morgan fingerprint density at radius 2 is 2.20 bits per heavy atom. The molecule has 0 amide bonds. The van der Waals surface area contributed by atoms with Crippen molar-refractivity contribution in [3.05, 3.63) is 10.6 Å². The summed E-state index contributed by atoms with van der Waals surface area (Å²) in [6, 6.07) is 0. The number of sulfonamides is 1. The van der Waals surface area contributed by atoms with Crippen LogP contribution in [0.15, 0.2) is 9.85 Å². The largest absolute Gasteiger partial charge is 1.00 e. The quantitative estimate of drug-likeness (QED) is 0.447. The first-order chi connectivity index (χ1) is 4.11. The molecule has 0 fully saturated rings. The molecule has 0 bridgehead atoms. The smallest absolute Gasteiger partial charge is 0.558 e. The van der Waals surface area contributed by atoms with Crippen molar-refractivity contribution in [2.45, 2.75) is 4.34 Å². The van der Waals surface area contributed by atoms with Crippen molar-refractivity contribution >= 4 is 21.4 Å². The van der Waals surface area contributed by atoms with Crippen LogP contribution in [-0.2, 0) is 10.0 Å². The molecule has 0 saturated carbocycles. The van der Waals surface area contributed by atoms with Gasteiger partial charge < -0.3 is 5.14 Å². The maximum Gasteiger partial charge on any atom is 1.00 e. The Labute approximate surface area is 84.0 Å². The van der Waals surface area contributed by atoms with Crippen LogP contribution in [0.5, 0.6) is 0 Å². The third-order valence-corrected chi connectivity index (χ3v) is 2.54. The Kier molecular flexibility index (Phi) is 3.92. The summed E-state index contributed by atoms with van der Waals surface area (Å²) in [7, 11) is -3.86. The van der Waals surface area contributed by atoms with Crippen LogP contribution >= 0.6 is 11.3 Å². The van der Waals surface area contributed by atoms with Crippen molar-refractivity contribution in [3.8, 4) is 0 Å². The van der Waals surface area contributed by atoms with Crippen LogP contribution in [0.4, 0.5) is 0 Å². The van der Waals surface area contributed by atoms with Gasteiger partial charge in [-0.1, -0.05) is 11.3 Å². The monoisotopic (exact) mass is 187 g/mol. The minimum absolute atomic E-state index is 0. The van der Waals surface area contributed by atoms with Gasteiger partial charge in [0.05, 0.1) is 0 Å². The molecule has 1 heterocycles. The molecule has 0 unspecified atom stereocenters. The summed E-state index contributed by atoms with van der Waals surface area (Å²) in [5.74, 6) is 0. The summed E-state index contributed by atoms with van der Waals surface area (Å²) in [5, 5.41) is 12.9. The van der Waals surface area contributed by atoms with E-state index in [1.807, 2.05) is 0 Å². The van der Waals surface area contributed by atoms with Crippen LogP contribution in [-0.4, -0.2) is 18.6 Å². The van der Waals surface area contributed by atoms with Gasteiger partial charge in [0.1, 0.15) is 15.5 Å². The summed E-state index contributed by atoms with van der Waals surface area (Å²) < 4.78 is 20.3. The van der Waals surface area contributed by atoms with Gasteiger partial charge in [-0.05, 0) is 0 Å². The molecule has 0 saturated heterocycles. The van der Waals surface area contributed by atoms with Crippen LogP contribution in [0.1, 0.15) is 0 Å². The normalized spacial score (nSPS) is 10.5. The zero-order valence-electron chi connectivity index (χ0n) is 5.10. The number of hydrogen-bond acceptors (Lipinski definition) is 5. The second kappa shape index (κ2) is 3.74. The number of rotatable bonds is 1. The summed E-state index contributed by atoms with van der Waals surface area (Å²) in [4.78, 5) is 0. The average Bonchev–Trinajstić information content (AvgIpc) is 2.08. The predicted molar refractivity (Wildman–Crippen MR) is 31.4 cm³/mol. The van der Waals surface area contributed by atoms with Crippen LogP contribution in [0.2, 0.25) is 0 Å². The van der Waals surface area contributed by atoms with Crippen molar-refractivity contribution in [1.29, 1.82) is 0 Å². The van der Waals surface area contributed by atoms with Crippen LogP contribution < -0.4 is 29.6 Å². The second-order valence-corrected chi connectivity index (χ2v) is 3.69. The number of hydrogen-bond donors (Lipinski definition) is 0. The number of aromatic nitrogens is 2. The van der Waals surface area contributed by atoms with Gasteiger partial charge in [-0.2, -0.15) is 0 Å². The minimum atomic E-state index is -3.86. The van der Waals surface area contributed by atoms with Gasteiger partial charge in [-0.15, -0.1) is 10.2 Å². The van der Waals surface area contributed by atoms with Crippen molar-refractivity contribution in [2.75, 3.05) is 0 Å². The summed E-state index contributed by atoms with van der Waals surface area (Å²) >= 11 is 0.832. The molecule has 8 heteroatoms. The molecule has 1 aromatic rings. The van der Waals surface area contributed by atoms with Gasteiger partial charge in [-0.25, -0.2) is 8.42 Å². The Balaban J connectivity index is 0.000000810. The Morgan fingerprint density at radius 3 is 2.40 bits per heavy atom. The van der Waals surface area contributed by atoms with E-state index in [0.717, 1.165) is 11.3 Å². The predicted octanol–water partition coefficient (Wildman–Crippen LogP) is -2.72. The third kappa shape index (κ3) is 2.60. The molecule has 0 aliphatic carbocycles. The zero-order valence-corrected chi connectivity index (χ0v) is 8.74. The standard InChI is InChI=1S/C2H2N3O2S2.Na/c3-9(6,7)2-5-4-1-8-2;/h1H,(H-,3,6,7);/q-1;+1. The molecule has 1 rings (SSSR count). The van der Waals surface area contributed by atoms with Gasteiger partial charge in [0.15, 0.2) is 0 Å². The third-order valence-electron chi connectivity index (χ3n) is 0.570. The van der Waals surface area contributed by atoms with Gasteiger partial charge >= 0.3 is 29.6 Å². The molecule has 0 aromatic carbocycles. The molecule has 0 atom stereocenters. The number of nitrogens with one attached hydrogen (secondary N) is 1. The van der Waals surface area contributed by atoms with E-state index >= 15 is 0 Å². The molecule has 0 radical (unpaired) electrons. The van der Waals surface area contributed by atoms with E-state index in [4.69, 9.17) is 5.14 Å². The fourth-order valence-electron chi connectivity index (χ4n) is 0.280. The SMILES string of the molecule is [NH-]S(=O)(=O)c1nncs1.[Na+]. The Bertz CT molecular complexity index is 279. The molecule has 1 aromatic heterocycles. The first kappa shape index (κ1) is 10.5. The Morgan fingerprint density at radius 1 is 1.60 bits per heavy atom. The van der Waals surface area contributed by atoms with E-state index in [-0.39, 0.29) is 33.9 Å². The van der Waals surface area contributed by atoms with E-state index < -0.39 is 10.0 Å². The number of nitrogens with zero attached hydrogens (tertiary/aromatic N) is 2. The zero-order chi connectivity index (χ0) is 6.91. The van der Waals surface area contributed by atoms with Crippen molar-refractivity contribution < 1.29 is 38.0 Å². The van der Waals surface area contributed by atoms with Crippen LogP contribution in [0.25, 0.3) is 5.14 Å². The average molecular weight is 187 g/mol. The van der Waals surface area contributed by atoms with E-state index in [1.165, 1.54) is 5.51 Å². The minimum Gasteiger partial charge on any atom is -0.558 e. The van der Waals surface area contributed by atoms with Gasteiger partial charge in [0.25, 0.3) is 0 Å². The van der Waals surface area contributed by atoms with E-state index in [1.54, 1.807) is 0 Å². The molecule has 50 valence electrons. The molecule has 1 N–H and O–H groups in total. The van der Waals surface area contributed by atoms with E-state index in [0.29, 0.717) is 0 Å². The molecule has 0 spiro atoms. The topological polar surface area (TPSA) is 83.7 Å². The van der Waals surface area contributed by atoms with Gasteiger partial charge in [0, 0.05) is 0 Å². The fourth-order valence-corrected chi connectivity index (χ4v) is 1.35. The Hall–Kier alpha value is 0.470. The molecule has 10 heavy (non-hydrogen) atoms. The van der Waals surface area contributed by atoms with Crippen molar-refractivity contribution in [3.63, 3.8) is 0 Å². The summed E-state index contributed by atoms with van der Waals surface area (Å²) in [6.07, 6.45) is 0. The first-order valence-corrected chi connectivity index (χ1v) is 4.23. The van der Waals surface area contributed by atoms with Gasteiger partial charge in [0.2, 0.25) is 4.34 Å². The maximum absolute atomic E-state index is 10.3. The molecule has 0 aliphatic rings. The van der Waals surface area contributed by atoms with Crippen LogP contribution in [0, 0.1) is 0 Å². The van der Waals surface area contributed by atoms with E-state index in [9.17, 15) is 8.42 Å². The van der Waals surface area contributed by atoms with Gasteiger partial charge in [-0.3, -0.25) is 0 Å². The summed E-state index contributed by atoms with van der Waals surface area (Å²) in [6.45, 7) is 0. The fraction of sp³-hybridized carbons (Fsp3) is 0. The summed E-state index contributed by atoms with van der Waals surface area (Å²) in [5.41, 5.74) is 1.27. The maximum atomic E-state index is 10.3. The van der Waals surface area contributed by atoms with E-state index in [2.05, 4.69) is 10.2 Å². The van der Waals surface area contributed by atoms with Crippen molar-refractivity contribution in [2.24, 2.45) is 0 Å². The second-order valence-electron chi connectivity index (χ2n) is 1.21. The van der Waals surface area contributed by atoms with Crippen LogP contribution in [0.3, 0.4) is 0 Å². The first-order valence-electron chi connectivity index (χ1n) is 1.86. The van der Waals surface area contributed by atoms with Crippen molar-refractivity contribution in [1.82, 2.24) is 10.2 Å². The molecular weight excluding hydrogens is 185 g/mol. The molecular formula is C2H2N3NaO2S2.